The first kappa shape index (κ1) is 16.5. The van der Waals surface area contributed by atoms with Crippen molar-refractivity contribution in [1.29, 1.82) is 0 Å². The van der Waals surface area contributed by atoms with Crippen molar-refractivity contribution in [1.82, 2.24) is 20.3 Å². The molecule has 136 valence electrons. The van der Waals surface area contributed by atoms with Crippen LogP contribution < -0.4 is 5.32 Å². The van der Waals surface area contributed by atoms with Gasteiger partial charge < -0.3 is 10.3 Å². The van der Waals surface area contributed by atoms with E-state index in [-0.39, 0.29) is 0 Å². The predicted molar refractivity (Wildman–Crippen MR) is 111 cm³/mol. The average molecular weight is 356 g/mol. The van der Waals surface area contributed by atoms with E-state index in [1.54, 1.807) is 0 Å². The fourth-order valence-electron chi connectivity index (χ4n) is 4.29. The van der Waals surface area contributed by atoms with Gasteiger partial charge in [-0.05, 0) is 71.6 Å². The van der Waals surface area contributed by atoms with Gasteiger partial charge in [0, 0.05) is 47.2 Å². The zero-order valence-corrected chi connectivity index (χ0v) is 15.8. The lowest BCUT2D eigenvalue weighted by Gasteiger charge is -2.16. The summed E-state index contributed by atoms with van der Waals surface area (Å²) < 4.78 is 0. The molecular weight excluding hydrogens is 332 g/mol. The average Bonchev–Trinajstić information content (AvgIpc) is 3.36. The van der Waals surface area contributed by atoms with Crippen LogP contribution >= 0.6 is 0 Å². The molecular formula is C23H24N4. The number of pyridine rings is 2. The van der Waals surface area contributed by atoms with Crippen LogP contribution in [0, 0.1) is 0 Å². The van der Waals surface area contributed by atoms with Gasteiger partial charge in [0.1, 0.15) is 5.65 Å². The summed E-state index contributed by atoms with van der Waals surface area (Å²) in [6, 6.07) is 9.39. The first-order valence-electron chi connectivity index (χ1n) is 9.79. The van der Waals surface area contributed by atoms with E-state index in [0.29, 0.717) is 12.0 Å². The van der Waals surface area contributed by atoms with Gasteiger partial charge in [0.2, 0.25) is 0 Å². The number of H-pyrrole nitrogens is 1. The molecule has 1 atom stereocenters. The van der Waals surface area contributed by atoms with E-state index >= 15 is 0 Å². The molecule has 0 unspecified atom stereocenters. The number of fused-ring (bicyclic) bond motifs is 2. The molecule has 4 nitrogen and oxygen atoms in total. The van der Waals surface area contributed by atoms with Crippen molar-refractivity contribution in [3.05, 3.63) is 60.2 Å². The van der Waals surface area contributed by atoms with Gasteiger partial charge in [0.05, 0.1) is 0 Å². The minimum Gasteiger partial charge on any atom is -0.346 e. The summed E-state index contributed by atoms with van der Waals surface area (Å²) in [4.78, 5) is 12.4. The van der Waals surface area contributed by atoms with Crippen molar-refractivity contribution in [2.45, 2.75) is 38.6 Å². The van der Waals surface area contributed by atoms with E-state index < -0.39 is 0 Å². The molecule has 0 saturated carbocycles. The minimum absolute atomic E-state index is 0.409. The number of aromatic amines is 1. The largest absolute Gasteiger partial charge is 0.346 e. The third-order valence-electron chi connectivity index (χ3n) is 5.74. The molecule has 0 radical (unpaired) electrons. The second kappa shape index (κ2) is 6.46. The molecule has 0 bridgehead atoms. The van der Waals surface area contributed by atoms with Crippen LogP contribution in [0.4, 0.5) is 0 Å². The van der Waals surface area contributed by atoms with Crippen LogP contribution in [0.1, 0.15) is 49.8 Å². The van der Waals surface area contributed by atoms with Crippen LogP contribution in [0.25, 0.3) is 32.9 Å². The quantitative estimate of drug-likeness (QED) is 0.522. The highest BCUT2D eigenvalue weighted by Gasteiger charge is 2.20. The van der Waals surface area contributed by atoms with Gasteiger partial charge in [-0.25, -0.2) is 4.98 Å². The number of rotatable bonds is 3. The molecule has 5 rings (SSSR count). The van der Waals surface area contributed by atoms with E-state index in [4.69, 9.17) is 0 Å². The Morgan fingerprint density at radius 2 is 2.00 bits per heavy atom. The van der Waals surface area contributed by atoms with Gasteiger partial charge in [-0.3, -0.25) is 4.98 Å². The van der Waals surface area contributed by atoms with Crippen LogP contribution in [0.3, 0.4) is 0 Å². The van der Waals surface area contributed by atoms with Crippen molar-refractivity contribution in [3.8, 4) is 11.1 Å². The lowest BCUT2D eigenvalue weighted by atomic mass is 9.93. The Kier molecular flexibility index (Phi) is 3.94. The molecule has 2 N–H and O–H groups in total. The first-order valence-corrected chi connectivity index (χ1v) is 9.79. The summed E-state index contributed by atoms with van der Waals surface area (Å²) in [5.74, 6) is 0.469. The normalized spacial score (nSPS) is 17.4. The molecule has 27 heavy (non-hydrogen) atoms. The van der Waals surface area contributed by atoms with Crippen LogP contribution in [0.15, 0.2) is 49.1 Å². The molecule has 0 spiro atoms. The van der Waals surface area contributed by atoms with Gasteiger partial charge in [-0.15, -0.1) is 0 Å². The van der Waals surface area contributed by atoms with Crippen molar-refractivity contribution < 1.29 is 0 Å². The second-order valence-electron chi connectivity index (χ2n) is 7.83. The molecule has 1 aliphatic heterocycles. The van der Waals surface area contributed by atoms with Crippen LogP contribution in [-0.2, 0) is 0 Å². The van der Waals surface area contributed by atoms with Crippen LogP contribution in [-0.4, -0.2) is 21.5 Å². The van der Waals surface area contributed by atoms with Gasteiger partial charge in [-0.1, -0.05) is 13.8 Å². The van der Waals surface area contributed by atoms with Crippen molar-refractivity contribution in [2.75, 3.05) is 6.54 Å². The summed E-state index contributed by atoms with van der Waals surface area (Å²) in [6.45, 7) is 5.54. The van der Waals surface area contributed by atoms with Gasteiger partial charge in [-0.2, -0.15) is 0 Å². The molecule has 1 aliphatic rings. The van der Waals surface area contributed by atoms with E-state index in [9.17, 15) is 0 Å². The summed E-state index contributed by atoms with van der Waals surface area (Å²) in [5, 5.41) is 7.35. The fraction of sp³-hybridized carbons (Fsp3) is 0.304. The number of hydrogen-bond acceptors (Lipinski definition) is 3. The Balaban J connectivity index is 1.70. The molecule has 4 aromatic rings. The predicted octanol–water partition coefficient (Wildman–Crippen LogP) is 5.33. The van der Waals surface area contributed by atoms with Crippen LogP contribution in [0.5, 0.6) is 0 Å². The monoisotopic (exact) mass is 356 g/mol. The second-order valence-corrected chi connectivity index (χ2v) is 7.83. The zero-order chi connectivity index (χ0) is 18.4. The third-order valence-corrected chi connectivity index (χ3v) is 5.74. The minimum atomic E-state index is 0.409. The number of benzene rings is 1. The van der Waals surface area contributed by atoms with Crippen molar-refractivity contribution >= 4 is 21.8 Å². The van der Waals surface area contributed by atoms with Crippen LogP contribution in [0.2, 0.25) is 0 Å². The van der Waals surface area contributed by atoms with E-state index in [1.165, 1.54) is 51.3 Å². The molecule has 1 saturated heterocycles. The smallest absolute Gasteiger partial charge is 0.137 e. The van der Waals surface area contributed by atoms with Gasteiger partial charge in [0.25, 0.3) is 0 Å². The summed E-state index contributed by atoms with van der Waals surface area (Å²) >= 11 is 0. The number of hydrogen-bond donors (Lipinski definition) is 2. The molecule has 3 aromatic heterocycles. The standard InChI is InChI=1S/C23H24N4/c1-14(2)20-13-27-23-19(20)10-17(11-26-23)16-8-15-5-7-24-12-21(15)18(9-16)22-4-3-6-25-22/h5,7-14,22,25H,3-4,6H2,1-2H3,(H,26,27)/t22-/m0/s1. The highest BCUT2D eigenvalue weighted by Crippen LogP contribution is 2.35. The molecule has 1 aromatic carbocycles. The third kappa shape index (κ3) is 2.81. The van der Waals surface area contributed by atoms with Gasteiger partial charge in [0.15, 0.2) is 0 Å². The Labute approximate surface area is 159 Å². The lowest BCUT2D eigenvalue weighted by molar-refractivity contribution is 0.653. The molecule has 4 heteroatoms. The van der Waals surface area contributed by atoms with Gasteiger partial charge >= 0.3 is 0 Å². The Hall–Kier alpha value is -2.72. The highest BCUT2D eigenvalue weighted by atomic mass is 14.9. The number of aromatic nitrogens is 3. The van der Waals surface area contributed by atoms with Crippen molar-refractivity contribution in [2.24, 2.45) is 0 Å². The summed E-state index contributed by atoms with van der Waals surface area (Å²) in [6.07, 6.45) is 10.4. The SMILES string of the molecule is CC(C)c1c[nH]c2ncc(-c3cc([C@@H]4CCCN4)c4cnccc4c3)cc12. The zero-order valence-electron chi connectivity index (χ0n) is 15.8. The Bertz CT molecular complexity index is 1120. The first-order chi connectivity index (χ1) is 13.2. The Morgan fingerprint density at radius 1 is 1.07 bits per heavy atom. The lowest BCUT2D eigenvalue weighted by Crippen LogP contribution is -2.13. The number of nitrogens with zero attached hydrogens (tertiary/aromatic N) is 2. The maximum Gasteiger partial charge on any atom is 0.137 e. The molecule has 0 amide bonds. The maximum absolute atomic E-state index is 4.68. The fourth-order valence-corrected chi connectivity index (χ4v) is 4.29. The maximum atomic E-state index is 4.68. The molecule has 4 heterocycles. The number of nitrogens with one attached hydrogen (secondary N) is 2. The van der Waals surface area contributed by atoms with E-state index in [1.807, 2.05) is 18.6 Å². The summed E-state index contributed by atoms with van der Waals surface area (Å²) in [7, 11) is 0. The highest BCUT2D eigenvalue weighted by molar-refractivity contribution is 5.92. The van der Waals surface area contributed by atoms with E-state index in [2.05, 4.69) is 64.6 Å². The molecule has 1 fully saturated rings. The molecule has 0 aliphatic carbocycles. The van der Waals surface area contributed by atoms with Crippen molar-refractivity contribution in [3.63, 3.8) is 0 Å². The Morgan fingerprint density at radius 3 is 2.81 bits per heavy atom. The topological polar surface area (TPSA) is 53.6 Å². The summed E-state index contributed by atoms with van der Waals surface area (Å²) in [5.41, 5.74) is 6.03. The van der Waals surface area contributed by atoms with E-state index in [0.717, 1.165) is 12.2 Å².